The second-order valence-electron chi connectivity index (χ2n) is 4.90. The molecule has 0 rings (SSSR count). The number of amides is 1. The van der Waals surface area contributed by atoms with Crippen LogP contribution in [0.4, 0.5) is 0 Å². The van der Waals surface area contributed by atoms with Crippen molar-refractivity contribution in [2.24, 2.45) is 11.8 Å². The molecule has 0 aromatic rings. The Morgan fingerprint density at radius 1 is 1.27 bits per heavy atom. The Labute approximate surface area is 91.1 Å². The highest BCUT2D eigenvalue weighted by molar-refractivity contribution is 5.86. The minimum absolute atomic E-state index is 0.205. The minimum atomic E-state index is -1.19. The summed E-state index contributed by atoms with van der Waals surface area (Å²) in [6, 6.07) is 0. The zero-order valence-electron chi connectivity index (χ0n) is 10.1. The molecule has 0 spiro atoms. The molecule has 0 bridgehead atoms. The molecule has 0 aromatic carbocycles. The summed E-state index contributed by atoms with van der Waals surface area (Å²) < 4.78 is 0. The van der Waals surface area contributed by atoms with Crippen LogP contribution in [-0.2, 0) is 9.59 Å². The summed E-state index contributed by atoms with van der Waals surface area (Å²) in [4.78, 5) is 22.3. The van der Waals surface area contributed by atoms with E-state index in [9.17, 15) is 9.59 Å². The van der Waals surface area contributed by atoms with Crippen LogP contribution >= 0.6 is 0 Å². The summed E-state index contributed by atoms with van der Waals surface area (Å²) in [6.07, 6.45) is 0.369. The molecule has 0 aliphatic carbocycles. The first-order valence-electron chi connectivity index (χ1n) is 5.21. The van der Waals surface area contributed by atoms with Crippen LogP contribution in [0.5, 0.6) is 0 Å². The van der Waals surface area contributed by atoms with Crippen LogP contribution in [-0.4, -0.2) is 22.5 Å². The maximum absolute atomic E-state index is 11.5. The number of carboxylic acids is 1. The Balaban J connectivity index is 4.21. The third-order valence-corrected chi connectivity index (χ3v) is 2.63. The lowest BCUT2D eigenvalue weighted by Gasteiger charge is -2.23. The lowest BCUT2D eigenvalue weighted by molar-refractivity contribution is -0.146. The van der Waals surface area contributed by atoms with Gasteiger partial charge in [0.1, 0.15) is 5.54 Å². The molecule has 15 heavy (non-hydrogen) atoms. The molecule has 4 nitrogen and oxygen atoms in total. The lowest BCUT2D eigenvalue weighted by Crippen LogP contribution is -2.50. The van der Waals surface area contributed by atoms with Crippen LogP contribution in [0, 0.1) is 11.8 Å². The van der Waals surface area contributed by atoms with Crippen LogP contribution in [0.3, 0.4) is 0 Å². The minimum Gasteiger partial charge on any atom is -0.480 e. The molecular weight excluding hydrogens is 194 g/mol. The quantitative estimate of drug-likeness (QED) is 0.732. The molecule has 1 atom stereocenters. The average Bonchev–Trinajstić information content (AvgIpc) is 2.01. The Hall–Kier alpha value is -1.06. The van der Waals surface area contributed by atoms with E-state index in [4.69, 9.17) is 5.11 Å². The van der Waals surface area contributed by atoms with Crippen LogP contribution in [0.2, 0.25) is 0 Å². The number of carbonyl (C=O) groups is 2. The van der Waals surface area contributed by atoms with Crippen molar-refractivity contribution in [3.63, 3.8) is 0 Å². The molecule has 0 heterocycles. The monoisotopic (exact) mass is 215 g/mol. The molecular formula is C11H21NO3. The second-order valence-corrected chi connectivity index (χ2v) is 4.90. The molecule has 0 radical (unpaired) electrons. The number of hydrogen-bond donors (Lipinski definition) is 2. The zero-order valence-corrected chi connectivity index (χ0v) is 10.1. The smallest absolute Gasteiger partial charge is 0.328 e. The number of carboxylic acid groups (broad SMARTS) is 1. The summed E-state index contributed by atoms with van der Waals surface area (Å²) >= 11 is 0. The van der Waals surface area contributed by atoms with Crippen molar-refractivity contribution in [3.05, 3.63) is 0 Å². The number of carbonyl (C=O) groups excluding carboxylic acids is 1. The maximum atomic E-state index is 11.5. The number of rotatable bonds is 5. The topological polar surface area (TPSA) is 66.4 Å². The molecule has 1 unspecified atom stereocenters. The van der Waals surface area contributed by atoms with Crippen molar-refractivity contribution in [3.8, 4) is 0 Å². The van der Waals surface area contributed by atoms with E-state index in [2.05, 4.69) is 5.32 Å². The van der Waals surface area contributed by atoms with Crippen LogP contribution in [0.15, 0.2) is 0 Å². The van der Waals surface area contributed by atoms with Crippen molar-refractivity contribution in [2.75, 3.05) is 0 Å². The molecule has 1 amide bonds. The van der Waals surface area contributed by atoms with Gasteiger partial charge in [0, 0.05) is 6.42 Å². The fourth-order valence-corrected chi connectivity index (χ4v) is 0.981. The van der Waals surface area contributed by atoms with Gasteiger partial charge in [0.05, 0.1) is 0 Å². The van der Waals surface area contributed by atoms with Gasteiger partial charge in [-0.15, -0.1) is 0 Å². The number of nitrogens with one attached hydrogen (secondary N) is 1. The number of aliphatic carboxylic acids is 1. The predicted molar refractivity (Wildman–Crippen MR) is 58.5 cm³/mol. The van der Waals surface area contributed by atoms with E-state index in [1.807, 2.05) is 20.8 Å². The first kappa shape index (κ1) is 13.9. The Kier molecular flexibility index (Phi) is 4.78. The van der Waals surface area contributed by atoms with Gasteiger partial charge in [-0.25, -0.2) is 4.79 Å². The second kappa shape index (κ2) is 5.14. The Morgan fingerprint density at radius 3 is 2.07 bits per heavy atom. The molecule has 88 valence electrons. The summed E-state index contributed by atoms with van der Waals surface area (Å²) in [5.41, 5.74) is -1.19. The van der Waals surface area contributed by atoms with Gasteiger partial charge < -0.3 is 10.4 Å². The Bertz CT molecular complexity index is 246. The van der Waals surface area contributed by atoms with E-state index < -0.39 is 11.5 Å². The van der Waals surface area contributed by atoms with Gasteiger partial charge in [-0.2, -0.15) is 0 Å². The van der Waals surface area contributed by atoms with Crippen molar-refractivity contribution < 1.29 is 14.7 Å². The molecule has 0 saturated heterocycles. The van der Waals surface area contributed by atoms with Crippen molar-refractivity contribution in [1.29, 1.82) is 0 Å². The molecule has 4 heteroatoms. The third kappa shape index (κ3) is 4.81. The van der Waals surface area contributed by atoms with Gasteiger partial charge in [0.2, 0.25) is 5.91 Å². The molecule has 0 aliphatic heterocycles. The van der Waals surface area contributed by atoms with Gasteiger partial charge >= 0.3 is 5.97 Å². The fourth-order valence-electron chi connectivity index (χ4n) is 0.981. The lowest BCUT2D eigenvalue weighted by atomic mass is 9.94. The first-order valence-corrected chi connectivity index (χ1v) is 5.21. The molecule has 2 N–H and O–H groups in total. The van der Waals surface area contributed by atoms with Gasteiger partial charge in [-0.1, -0.05) is 20.8 Å². The summed E-state index contributed by atoms with van der Waals surface area (Å²) in [6.45, 7) is 9.03. The standard InChI is InChI=1S/C11H21NO3/c1-7(2)8(3)6-9(13)12-11(4,5)10(14)15/h7-8H,6H2,1-5H3,(H,12,13)(H,14,15). The number of hydrogen-bond acceptors (Lipinski definition) is 2. The average molecular weight is 215 g/mol. The fraction of sp³-hybridized carbons (Fsp3) is 0.818. The van der Waals surface area contributed by atoms with E-state index in [0.29, 0.717) is 12.3 Å². The van der Waals surface area contributed by atoms with Gasteiger partial charge in [0.25, 0.3) is 0 Å². The van der Waals surface area contributed by atoms with Crippen molar-refractivity contribution in [1.82, 2.24) is 5.32 Å². The molecule has 0 fully saturated rings. The van der Waals surface area contributed by atoms with Crippen LogP contribution in [0.25, 0.3) is 0 Å². The molecule has 0 saturated carbocycles. The van der Waals surface area contributed by atoms with Crippen LogP contribution < -0.4 is 5.32 Å². The molecule has 0 aliphatic rings. The maximum Gasteiger partial charge on any atom is 0.328 e. The largest absolute Gasteiger partial charge is 0.480 e. The van der Waals surface area contributed by atoms with Gasteiger partial charge in [-0.3, -0.25) is 4.79 Å². The van der Waals surface area contributed by atoms with E-state index in [1.165, 1.54) is 13.8 Å². The zero-order chi connectivity index (χ0) is 12.2. The highest BCUT2D eigenvalue weighted by Gasteiger charge is 2.29. The van der Waals surface area contributed by atoms with Crippen molar-refractivity contribution in [2.45, 2.75) is 46.6 Å². The highest BCUT2D eigenvalue weighted by Crippen LogP contribution is 2.14. The van der Waals surface area contributed by atoms with Crippen molar-refractivity contribution >= 4 is 11.9 Å². The van der Waals surface area contributed by atoms with E-state index in [0.717, 1.165) is 0 Å². The first-order chi connectivity index (χ1) is 6.66. The third-order valence-electron chi connectivity index (χ3n) is 2.63. The summed E-state index contributed by atoms with van der Waals surface area (Å²) in [5.74, 6) is -0.546. The van der Waals surface area contributed by atoms with Gasteiger partial charge in [0.15, 0.2) is 0 Å². The van der Waals surface area contributed by atoms with Crippen LogP contribution in [0.1, 0.15) is 41.0 Å². The Morgan fingerprint density at radius 2 is 1.73 bits per heavy atom. The van der Waals surface area contributed by atoms with E-state index in [-0.39, 0.29) is 11.8 Å². The molecule has 0 aromatic heterocycles. The summed E-state index contributed by atoms with van der Waals surface area (Å²) in [7, 11) is 0. The van der Waals surface area contributed by atoms with E-state index >= 15 is 0 Å². The normalized spacial score (nSPS) is 13.7. The van der Waals surface area contributed by atoms with Gasteiger partial charge in [-0.05, 0) is 25.7 Å². The SMILES string of the molecule is CC(C)C(C)CC(=O)NC(C)(C)C(=O)O. The summed E-state index contributed by atoms with van der Waals surface area (Å²) in [5, 5.41) is 11.3. The predicted octanol–water partition coefficient (Wildman–Crippen LogP) is 1.65. The highest BCUT2D eigenvalue weighted by atomic mass is 16.4. The van der Waals surface area contributed by atoms with E-state index in [1.54, 1.807) is 0 Å².